The highest BCUT2D eigenvalue weighted by Gasteiger charge is 2.12. The van der Waals surface area contributed by atoms with Crippen molar-refractivity contribution in [1.82, 2.24) is 4.98 Å². The van der Waals surface area contributed by atoms with Crippen molar-refractivity contribution in [1.29, 1.82) is 0 Å². The smallest absolute Gasteiger partial charge is 0.305 e. The van der Waals surface area contributed by atoms with E-state index in [0.29, 0.717) is 5.13 Å². The van der Waals surface area contributed by atoms with Gasteiger partial charge in [-0.25, -0.2) is 4.98 Å². The first kappa shape index (κ1) is 12.4. The standard InChI is InChI=1S/C9H12N2O4S/c12-7(13)1-4-11(5-2-8(14)15)9-10-3-6-16-9/h3,6H,1-2,4-5H2,(H,12,13)(H,14,15). The van der Waals surface area contributed by atoms with Crippen LogP contribution in [0.15, 0.2) is 11.6 Å². The summed E-state index contributed by atoms with van der Waals surface area (Å²) in [5, 5.41) is 19.6. The molecule has 1 heterocycles. The van der Waals surface area contributed by atoms with E-state index in [-0.39, 0.29) is 25.9 Å². The molecule has 16 heavy (non-hydrogen) atoms. The van der Waals surface area contributed by atoms with Crippen molar-refractivity contribution in [3.8, 4) is 0 Å². The lowest BCUT2D eigenvalue weighted by Crippen LogP contribution is -2.28. The van der Waals surface area contributed by atoms with Gasteiger partial charge in [-0.1, -0.05) is 0 Å². The van der Waals surface area contributed by atoms with Gasteiger partial charge >= 0.3 is 11.9 Å². The van der Waals surface area contributed by atoms with Gasteiger partial charge in [0.05, 0.1) is 12.8 Å². The van der Waals surface area contributed by atoms with Crippen LogP contribution in [0.1, 0.15) is 12.8 Å². The minimum Gasteiger partial charge on any atom is -0.481 e. The van der Waals surface area contributed by atoms with Crippen LogP contribution in [0.5, 0.6) is 0 Å². The van der Waals surface area contributed by atoms with Gasteiger partial charge in [0.1, 0.15) is 0 Å². The molecule has 7 heteroatoms. The Balaban J connectivity index is 2.55. The molecule has 0 aliphatic heterocycles. The average molecular weight is 244 g/mol. The van der Waals surface area contributed by atoms with Crippen LogP contribution in [0.2, 0.25) is 0 Å². The molecule has 0 aliphatic carbocycles. The fourth-order valence-corrected chi connectivity index (χ4v) is 1.83. The highest BCUT2D eigenvalue weighted by Crippen LogP contribution is 2.17. The molecule has 0 radical (unpaired) electrons. The summed E-state index contributed by atoms with van der Waals surface area (Å²) in [6.07, 6.45) is 1.55. The summed E-state index contributed by atoms with van der Waals surface area (Å²) in [5.74, 6) is -1.81. The first-order chi connectivity index (χ1) is 7.59. The Labute approximate surface area is 96.2 Å². The first-order valence-electron chi connectivity index (χ1n) is 4.67. The van der Waals surface area contributed by atoms with Crippen LogP contribution >= 0.6 is 11.3 Å². The molecule has 1 aromatic heterocycles. The summed E-state index contributed by atoms with van der Waals surface area (Å²) in [6, 6.07) is 0. The van der Waals surface area contributed by atoms with Crippen LogP contribution in [0, 0.1) is 0 Å². The number of carboxylic acids is 2. The van der Waals surface area contributed by atoms with Crippen molar-refractivity contribution in [2.75, 3.05) is 18.0 Å². The zero-order valence-corrected chi connectivity index (χ0v) is 9.31. The lowest BCUT2D eigenvalue weighted by molar-refractivity contribution is -0.137. The van der Waals surface area contributed by atoms with Crippen LogP contribution < -0.4 is 4.90 Å². The van der Waals surface area contributed by atoms with Crippen molar-refractivity contribution in [2.24, 2.45) is 0 Å². The molecule has 2 N–H and O–H groups in total. The second-order valence-corrected chi connectivity index (χ2v) is 3.96. The molecule has 0 bridgehead atoms. The second-order valence-electron chi connectivity index (χ2n) is 3.09. The molecule has 0 atom stereocenters. The molecule has 0 unspecified atom stereocenters. The molecule has 0 aliphatic rings. The number of carbonyl (C=O) groups is 2. The fourth-order valence-electron chi connectivity index (χ4n) is 1.14. The topological polar surface area (TPSA) is 90.7 Å². The van der Waals surface area contributed by atoms with E-state index in [1.54, 1.807) is 16.5 Å². The van der Waals surface area contributed by atoms with Gasteiger partial charge in [0.25, 0.3) is 0 Å². The predicted octanol–water partition coefficient (Wildman–Crippen LogP) is 0.899. The molecule has 6 nitrogen and oxygen atoms in total. The normalized spacial score (nSPS) is 10.0. The predicted molar refractivity (Wildman–Crippen MR) is 58.8 cm³/mol. The summed E-state index contributed by atoms with van der Waals surface area (Å²) in [5.41, 5.74) is 0. The number of thiazole rings is 1. The largest absolute Gasteiger partial charge is 0.481 e. The number of carboxylic acid groups (broad SMARTS) is 2. The molecule has 0 saturated heterocycles. The Hall–Kier alpha value is -1.63. The van der Waals surface area contributed by atoms with E-state index >= 15 is 0 Å². The number of rotatable bonds is 7. The number of aliphatic carboxylic acids is 2. The van der Waals surface area contributed by atoms with E-state index in [4.69, 9.17) is 10.2 Å². The first-order valence-corrected chi connectivity index (χ1v) is 5.55. The molecule has 0 amide bonds. The van der Waals surface area contributed by atoms with Gasteiger partial charge in [0, 0.05) is 24.7 Å². The zero-order chi connectivity index (χ0) is 12.0. The Morgan fingerprint density at radius 2 is 1.81 bits per heavy atom. The van der Waals surface area contributed by atoms with Crippen LogP contribution in [-0.2, 0) is 9.59 Å². The van der Waals surface area contributed by atoms with Crippen molar-refractivity contribution in [3.05, 3.63) is 11.6 Å². The molecule has 0 aromatic carbocycles. The summed E-state index contributed by atoms with van der Waals surface area (Å²) in [4.78, 5) is 26.6. The number of aromatic nitrogens is 1. The summed E-state index contributed by atoms with van der Waals surface area (Å²) in [7, 11) is 0. The van der Waals surface area contributed by atoms with E-state index in [9.17, 15) is 9.59 Å². The molecular formula is C9H12N2O4S. The van der Waals surface area contributed by atoms with Gasteiger partial charge < -0.3 is 15.1 Å². The minimum atomic E-state index is -0.906. The third-order valence-electron chi connectivity index (χ3n) is 1.88. The van der Waals surface area contributed by atoms with E-state index in [2.05, 4.69) is 4.98 Å². The Kier molecular flexibility index (Phi) is 4.71. The molecule has 88 valence electrons. The van der Waals surface area contributed by atoms with Crippen molar-refractivity contribution < 1.29 is 19.8 Å². The van der Waals surface area contributed by atoms with Gasteiger partial charge in [-0.3, -0.25) is 9.59 Å². The highest BCUT2D eigenvalue weighted by atomic mass is 32.1. The van der Waals surface area contributed by atoms with Crippen LogP contribution in [-0.4, -0.2) is 40.2 Å². The maximum absolute atomic E-state index is 10.5. The number of hydrogen-bond acceptors (Lipinski definition) is 5. The molecule has 0 saturated carbocycles. The van der Waals surface area contributed by atoms with E-state index < -0.39 is 11.9 Å². The fraction of sp³-hybridized carbons (Fsp3) is 0.444. The van der Waals surface area contributed by atoms with Gasteiger partial charge in [-0.15, -0.1) is 11.3 Å². The molecule has 0 spiro atoms. The van der Waals surface area contributed by atoms with Crippen molar-refractivity contribution >= 4 is 28.4 Å². The molecule has 0 fully saturated rings. The second kappa shape index (κ2) is 6.06. The maximum Gasteiger partial charge on any atom is 0.305 e. The van der Waals surface area contributed by atoms with Gasteiger partial charge in [-0.2, -0.15) is 0 Å². The van der Waals surface area contributed by atoms with E-state index in [1.807, 2.05) is 0 Å². The van der Waals surface area contributed by atoms with E-state index in [0.717, 1.165) is 0 Å². The maximum atomic E-state index is 10.5. The Morgan fingerprint density at radius 3 is 2.19 bits per heavy atom. The zero-order valence-electron chi connectivity index (χ0n) is 8.50. The molecular weight excluding hydrogens is 232 g/mol. The van der Waals surface area contributed by atoms with Gasteiger partial charge in [0.2, 0.25) is 0 Å². The third kappa shape index (κ3) is 4.26. The minimum absolute atomic E-state index is 0.0286. The average Bonchev–Trinajstić information content (AvgIpc) is 2.70. The van der Waals surface area contributed by atoms with Crippen LogP contribution in [0.4, 0.5) is 5.13 Å². The highest BCUT2D eigenvalue weighted by molar-refractivity contribution is 7.13. The number of nitrogens with zero attached hydrogens (tertiary/aromatic N) is 2. The molecule has 1 aromatic rings. The number of anilines is 1. The Bertz CT molecular complexity index is 334. The summed E-state index contributed by atoms with van der Waals surface area (Å²) in [6.45, 7) is 0.548. The van der Waals surface area contributed by atoms with Gasteiger partial charge in [0.15, 0.2) is 5.13 Å². The van der Waals surface area contributed by atoms with Crippen LogP contribution in [0.3, 0.4) is 0 Å². The lowest BCUT2D eigenvalue weighted by Gasteiger charge is -2.19. The quantitative estimate of drug-likeness (QED) is 0.740. The Morgan fingerprint density at radius 1 is 1.25 bits per heavy atom. The van der Waals surface area contributed by atoms with Crippen molar-refractivity contribution in [2.45, 2.75) is 12.8 Å². The SMILES string of the molecule is O=C(O)CCN(CCC(=O)O)c1nccs1. The van der Waals surface area contributed by atoms with Crippen molar-refractivity contribution in [3.63, 3.8) is 0 Å². The number of hydrogen-bond donors (Lipinski definition) is 2. The summed E-state index contributed by atoms with van der Waals surface area (Å²) >= 11 is 1.36. The summed E-state index contributed by atoms with van der Waals surface area (Å²) < 4.78 is 0. The molecule has 1 rings (SSSR count). The third-order valence-corrected chi connectivity index (χ3v) is 2.71. The lowest BCUT2D eigenvalue weighted by atomic mass is 10.3. The van der Waals surface area contributed by atoms with Gasteiger partial charge in [-0.05, 0) is 0 Å². The monoisotopic (exact) mass is 244 g/mol. The van der Waals surface area contributed by atoms with Crippen LogP contribution in [0.25, 0.3) is 0 Å². The van der Waals surface area contributed by atoms with E-state index in [1.165, 1.54) is 11.3 Å².